The summed E-state index contributed by atoms with van der Waals surface area (Å²) in [5.41, 5.74) is 1.17. The normalized spacial score (nSPS) is 20.5. The molecule has 0 bridgehead atoms. The van der Waals surface area contributed by atoms with Crippen LogP contribution in [0.3, 0.4) is 0 Å². The quantitative estimate of drug-likeness (QED) is 0.757. The number of aliphatic imine (C=N–C) groups is 1. The number of nitrogens with one attached hydrogen (secondary N) is 2. The van der Waals surface area contributed by atoms with Crippen molar-refractivity contribution in [3.63, 3.8) is 0 Å². The molecule has 1 fully saturated rings. The molecule has 8 heteroatoms. The number of carbonyl (C=O) groups is 3. The Kier molecular flexibility index (Phi) is 5.32. The zero-order chi connectivity index (χ0) is 18.7. The molecule has 1 atom stereocenters. The number of amides is 2. The number of piperazine rings is 1. The Labute approximate surface area is 152 Å². The molecule has 1 aromatic carbocycles. The lowest BCUT2D eigenvalue weighted by Crippen LogP contribution is -2.50. The number of hydrogen-bond acceptors (Lipinski definition) is 6. The second-order valence-electron chi connectivity index (χ2n) is 6.63. The van der Waals surface area contributed by atoms with Gasteiger partial charge < -0.3 is 15.1 Å². The first kappa shape index (κ1) is 18.1. The first-order valence-electron chi connectivity index (χ1n) is 8.65. The molecule has 0 aliphatic carbocycles. The van der Waals surface area contributed by atoms with Crippen molar-refractivity contribution in [2.24, 2.45) is 4.99 Å². The van der Waals surface area contributed by atoms with Crippen molar-refractivity contribution in [2.75, 3.05) is 38.5 Å². The first-order chi connectivity index (χ1) is 12.4. The van der Waals surface area contributed by atoms with Gasteiger partial charge in [0.2, 0.25) is 11.9 Å². The van der Waals surface area contributed by atoms with E-state index in [4.69, 9.17) is 0 Å². The monoisotopic (exact) mass is 357 g/mol. The maximum Gasteiger partial charge on any atom is 0.252 e. The Hall–Kier alpha value is -2.74. The highest BCUT2D eigenvalue weighted by Gasteiger charge is 2.31. The average Bonchev–Trinajstić information content (AvgIpc) is 2.96. The van der Waals surface area contributed by atoms with Crippen LogP contribution < -0.4 is 10.6 Å². The van der Waals surface area contributed by atoms with Crippen LogP contribution in [0.5, 0.6) is 0 Å². The Bertz CT molecular complexity index is 736. The lowest BCUT2D eigenvalue weighted by atomic mass is 10.1. The third kappa shape index (κ3) is 4.26. The summed E-state index contributed by atoms with van der Waals surface area (Å²) in [6, 6.07) is 5.94. The first-order valence-corrected chi connectivity index (χ1v) is 8.65. The second-order valence-corrected chi connectivity index (χ2v) is 6.63. The standard InChI is InChI=1S/C18H23N5O3/c1-12(24)13-3-5-14(6-4-13)19-16(25)11-15-17(26)21-18(20-15)23-9-7-22(2)8-10-23/h3-6,15H,7-11H2,1-2H3,(H,19,25)(H,20,21,26)/t15-/m0/s1. The molecule has 0 spiro atoms. The number of Topliss-reactive ketones (excluding diaryl/α,β-unsaturated/α-hetero) is 1. The fraction of sp³-hybridized carbons (Fsp3) is 0.444. The summed E-state index contributed by atoms with van der Waals surface area (Å²) in [6.07, 6.45) is -0.0163. The van der Waals surface area contributed by atoms with Gasteiger partial charge in [-0.25, -0.2) is 4.99 Å². The van der Waals surface area contributed by atoms with Crippen molar-refractivity contribution in [2.45, 2.75) is 19.4 Å². The number of guanidine groups is 1. The van der Waals surface area contributed by atoms with Crippen molar-refractivity contribution >= 4 is 29.2 Å². The van der Waals surface area contributed by atoms with Gasteiger partial charge in [0, 0.05) is 37.4 Å². The minimum atomic E-state index is -0.707. The molecular formula is C18H23N5O3. The van der Waals surface area contributed by atoms with Crippen LogP contribution in [0.2, 0.25) is 0 Å². The smallest absolute Gasteiger partial charge is 0.252 e. The molecular weight excluding hydrogens is 334 g/mol. The van der Waals surface area contributed by atoms with Crippen molar-refractivity contribution in [3.8, 4) is 0 Å². The van der Waals surface area contributed by atoms with E-state index in [2.05, 4.69) is 27.6 Å². The summed E-state index contributed by atoms with van der Waals surface area (Å²) >= 11 is 0. The Morgan fingerprint density at radius 3 is 2.46 bits per heavy atom. The molecule has 2 aliphatic rings. The Morgan fingerprint density at radius 1 is 1.19 bits per heavy atom. The van der Waals surface area contributed by atoms with Gasteiger partial charge in [0.05, 0.1) is 6.42 Å². The molecule has 138 valence electrons. The predicted octanol–water partition coefficient (Wildman–Crippen LogP) is 0.320. The molecule has 2 aliphatic heterocycles. The molecule has 2 N–H and O–H groups in total. The van der Waals surface area contributed by atoms with Crippen molar-refractivity contribution in [1.82, 2.24) is 15.1 Å². The third-order valence-electron chi connectivity index (χ3n) is 4.57. The maximum atomic E-state index is 12.2. The molecule has 2 heterocycles. The van der Waals surface area contributed by atoms with E-state index >= 15 is 0 Å². The summed E-state index contributed by atoms with van der Waals surface area (Å²) in [5, 5.41) is 5.51. The summed E-state index contributed by atoms with van der Waals surface area (Å²) in [5.74, 6) is -0.00639. The van der Waals surface area contributed by atoms with E-state index in [1.165, 1.54) is 6.92 Å². The van der Waals surface area contributed by atoms with Crippen LogP contribution in [-0.2, 0) is 9.59 Å². The Balaban J connectivity index is 1.56. The highest BCUT2D eigenvalue weighted by Crippen LogP contribution is 2.13. The number of rotatable bonds is 4. The van der Waals surface area contributed by atoms with Crippen molar-refractivity contribution < 1.29 is 14.4 Å². The number of ketones is 1. The summed E-state index contributed by atoms with van der Waals surface area (Å²) in [7, 11) is 2.06. The van der Waals surface area contributed by atoms with E-state index < -0.39 is 6.04 Å². The molecule has 0 aromatic heterocycles. The van der Waals surface area contributed by atoms with Crippen LogP contribution in [0.1, 0.15) is 23.7 Å². The third-order valence-corrected chi connectivity index (χ3v) is 4.57. The SMILES string of the molecule is CC(=O)c1ccc(NC(=O)C[C@@H]2N=C(N3CCN(C)CC3)NC2=O)cc1. The van der Waals surface area contributed by atoms with Gasteiger partial charge in [0.1, 0.15) is 6.04 Å². The fourth-order valence-corrected chi connectivity index (χ4v) is 2.93. The van der Waals surface area contributed by atoms with Gasteiger partial charge in [-0.1, -0.05) is 0 Å². The van der Waals surface area contributed by atoms with E-state index in [0.29, 0.717) is 17.2 Å². The molecule has 1 aromatic rings. The lowest BCUT2D eigenvalue weighted by molar-refractivity contribution is -0.124. The van der Waals surface area contributed by atoms with Gasteiger partial charge in [0.25, 0.3) is 5.91 Å². The van der Waals surface area contributed by atoms with Gasteiger partial charge in [-0.05, 0) is 38.2 Å². The van der Waals surface area contributed by atoms with E-state index in [-0.39, 0.29) is 24.0 Å². The number of nitrogens with zero attached hydrogens (tertiary/aromatic N) is 3. The van der Waals surface area contributed by atoms with Gasteiger partial charge in [0.15, 0.2) is 5.78 Å². The van der Waals surface area contributed by atoms with E-state index in [0.717, 1.165) is 26.2 Å². The van der Waals surface area contributed by atoms with Gasteiger partial charge in [-0.15, -0.1) is 0 Å². The molecule has 1 saturated heterocycles. The van der Waals surface area contributed by atoms with Crippen LogP contribution in [-0.4, -0.2) is 72.6 Å². The molecule has 0 unspecified atom stereocenters. The zero-order valence-electron chi connectivity index (χ0n) is 15.0. The zero-order valence-corrected chi connectivity index (χ0v) is 15.0. The molecule has 3 rings (SSSR count). The van der Waals surface area contributed by atoms with Crippen LogP contribution in [0.15, 0.2) is 29.3 Å². The van der Waals surface area contributed by atoms with E-state index in [9.17, 15) is 14.4 Å². The molecule has 0 radical (unpaired) electrons. The number of hydrogen-bond donors (Lipinski definition) is 2. The maximum absolute atomic E-state index is 12.2. The largest absolute Gasteiger partial charge is 0.340 e. The minimum Gasteiger partial charge on any atom is -0.340 e. The van der Waals surface area contributed by atoms with Crippen LogP contribution in [0, 0.1) is 0 Å². The van der Waals surface area contributed by atoms with Crippen molar-refractivity contribution in [1.29, 1.82) is 0 Å². The van der Waals surface area contributed by atoms with Crippen LogP contribution in [0.25, 0.3) is 0 Å². The summed E-state index contributed by atoms with van der Waals surface area (Å²) in [4.78, 5) is 44.3. The van der Waals surface area contributed by atoms with E-state index in [1.807, 2.05) is 4.90 Å². The average molecular weight is 357 g/mol. The van der Waals surface area contributed by atoms with Gasteiger partial charge in [-0.3, -0.25) is 19.7 Å². The summed E-state index contributed by atoms with van der Waals surface area (Å²) in [6.45, 7) is 4.92. The highest BCUT2D eigenvalue weighted by molar-refractivity contribution is 6.07. The number of likely N-dealkylation sites (N-methyl/N-ethyl adjacent to an activating group) is 1. The predicted molar refractivity (Wildman–Crippen MR) is 98.1 cm³/mol. The minimum absolute atomic E-state index is 0.0163. The highest BCUT2D eigenvalue weighted by atomic mass is 16.2. The number of anilines is 1. The van der Waals surface area contributed by atoms with E-state index in [1.54, 1.807) is 24.3 Å². The van der Waals surface area contributed by atoms with Gasteiger partial charge in [-0.2, -0.15) is 0 Å². The summed E-state index contributed by atoms with van der Waals surface area (Å²) < 4.78 is 0. The fourth-order valence-electron chi connectivity index (χ4n) is 2.93. The van der Waals surface area contributed by atoms with Crippen LogP contribution in [0.4, 0.5) is 5.69 Å². The second kappa shape index (κ2) is 7.65. The molecule has 8 nitrogen and oxygen atoms in total. The van der Waals surface area contributed by atoms with Crippen LogP contribution >= 0.6 is 0 Å². The molecule has 26 heavy (non-hydrogen) atoms. The molecule has 0 saturated carbocycles. The molecule has 2 amide bonds. The lowest BCUT2D eigenvalue weighted by Gasteiger charge is -2.33. The topological polar surface area (TPSA) is 94.1 Å². The number of carbonyl (C=O) groups excluding carboxylic acids is 3. The van der Waals surface area contributed by atoms with Gasteiger partial charge >= 0.3 is 0 Å². The number of benzene rings is 1. The van der Waals surface area contributed by atoms with Crippen molar-refractivity contribution in [3.05, 3.63) is 29.8 Å². The Morgan fingerprint density at radius 2 is 1.85 bits per heavy atom.